The van der Waals surface area contributed by atoms with E-state index >= 15 is 0 Å². The number of rotatable bonds is 7. The predicted octanol–water partition coefficient (Wildman–Crippen LogP) is 3.94. The molecule has 1 unspecified atom stereocenters. The first-order valence-electron chi connectivity index (χ1n) is 8.21. The molecule has 0 aliphatic rings. The number of hydrogen-bond acceptors (Lipinski definition) is 4. The van der Waals surface area contributed by atoms with Crippen molar-refractivity contribution >= 4 is 40.9 Å². The molecule has 0 heterocycles. The van der Waals surface area contributed by atoms with E-state index in [0.29, 0.717) is 16.7 Å². The van der Waals surface area contributed by atoms with Gasteiger partial charge in [-0.1, -0.05) is 0 Å². The molecule has 0 aliphatic carbocycles. The highest BCUT2D eigenvalue weighted by molar-refractivity contribution is 8.00. The van der Waals surface area contributed by atoms with Crippen LogP contribution in [0.4, 0.5) is 28.9 Å². The van der Waals surface area contributed by atoms with Crippen molar-refractivity contribution in [1.29, 1.82) is 0 Å². The molecule has 2 aromatic carbocycles. The molecule has 0 radical (unpaired) electrons. The third-order valence-electron chi connectivity index (χ3n) is 3.54. The van der Waals surface area contributed by atoms with Crippen molar-refractivity contribution in [3.05, 3.63) is 65.8 Å². The lowest BCUT2D eigenvalue weighted by atomic mass is 10.2. The van der Waals surface area contributed by atoms with Gasteiger partial charge in [-0.2, -0.15) is 0 Å². The van der Waals surface area contributed by atoms with E-state index < -0.39 is 52.0 Å². The average molecular weight is 442 g/mol. The summed E-state index contributed by atoms with van der Waals surface area (Å²) >= 11 is 0.984. The molecule has 3 N–H and O–H groups in total. The van der Waals surface area contributed by atoms with Gasteiger partial charge in [0, 0.05) is 28.8 Å². The lowest BCUT2D eigenvalue weighted by Crippen LogP contribution is -2.24. The molecule has 1 atom stereocenters. The second kappa shape index (κ2) is 9.92. The number of thioether (sulfide) groups is 1. The molecule has 0 spiro atoms. The summed E-state index contributed by atoms with van der Waals surface area (Å²) in [5.41, 5.74) is -0.853. The highest BCUT2D eigenvalue weighted by Gasteiger charge is 2.23. The van der Waals surface area contributed by atoms with Crippen LogP contribution < -0.4 is 10.6 Å². The van der Waals surface area contributed by atoms with E-state index in [9.17, 15) is 31.9 Å². The minimum absolute atomic E-state index is 0.0380. The van der Waals surface area contributed by atoms with E-state index in [2.05, 4.69) is 5.32 Å². The molecule has 30 heavy (non-hydrogen) atoms. The van der Waals surface area contributed by atoms with Crippen molar-refractivity contribution in [2.45, 2.75) is 17.1 Å². The molecular weight excluding hydrogens is 428 g/mol. The van der Waals surface area contributed by atoms with Gasteiger partial charge in [0.25, 0.3) is 0 Å². The van der Waals surface area contributed by atoms with E-state index in [-0.39, 0.29) is 6.07 Å². The number of carbonyl (C=O) groups excluding carboxylic acids is 2. The Morgan fingerprint density at radius 2 is 1.53 bits per heavy atom. The molecule has 0 bridgehead atoms. The molecule has 0 aliphatic heterocycles. The van der Waals surface area contributed by atoms with Gasteiger partial charge in [-0.15, -0.1) is 11.8 Å². The predicted molar refractivity (Wildman–Crippen MR) is 102 cm³/mol. The number of anilines is 2. The Kier molecular flexibility index (Phi) is 7.59. The number of benzene rings is 2. The molecule has 0 fully saturated rings. The van der Waals surface area contributed by atoms with Crippen LogP contribution in [-0.2, 0) is 14.4 Å². The molecule has 2 rings (SSSR count). The van der Waals surface area contributed by atoms with E-state index in [0.717, 1.165) is 17.8 Å². The number of nitrogens with one attached hydrogen (secondary N) is 2. The number of halogens is 4. The highest BCUT2D eigenvalue weighted by Crippen LogP contribution is 2.28. The summed E-state index contributed by atoms with van der Waals surface area (Å²) in [6.07, 6.45) is 1.51. The first kappa shape index (κ1) is 22.9. The van der Waals surface area contributed by atoms with Crippen LogP contribution in [0, 0.1) is 23.3 Å². The Bertz CT molecular complexity index is 986. The monoisotopic (exact) mass is 442 g/mol. The van der Waals surface area contributed by atoms with Gasteiger partial charge in [0.1, 0.15) is 5.69 Å². The van der Waals surface area contributed by atoms with Gasteiger partial charge in [-0.25, -0.2) is 22.4 Å². The Morgan fingerprint density at radius 3 is 2.07 bits per heavy atom. The summed E-state index contributed by atoms with van der Waals surface area (Å²) < 4.78 is 53.8. The zero-order chi connectivity index (χ0) is 22.4. The van der Waals surface area contributed by atoms with Crippen LogP contribution in [0.25, 0.3) is 0 Å². The van der Waals surface area contributed by atoms with Crippen molar-refractivity contribution in [3.63, 3.8) is 0 Å². The van der Waals surface area contributed by atoms with Crippen LogP contribution >= 0.6 is 11.8 Å². The van der Waals surface area contributed by atoms with Gasteiger partial charge in [0.15, 0.2) is 23.3 Å². The van der Waals surface area contributed by atoms with Crippen molar-refractivity contribution < 1.29 is 37.1 Å². The Morgan fingerprint density at radius 1 is 0.967 bits per heavy atom. The van der Waals surface area contributed by atoms with Crippen LogP contribution in [0.5, 0.6) is 0 Å². The molecule has 2 aromatic rings. The molecule has 0 saturated heterocycles. The summed E-state index contributed by atoms with van der Waals surface area (Å²) in [7, 11) is 0. The minimum Gasteiger partial charge on any atom is -0.478 e. The van der Waals surface area contributed by atoms with Gasteiger partial charge in [-0.05, 0) is 31.2 Å². The Labute approximate surface area is 172 Å². The van der Waals surface area contributed by atoms with Crippen molar-refractivity contribution in [2.24, 2.45) is 0 Å². The first-order chi connectivity index (χ1) is 14.1. The smallest absolute Gasteiger partial charge is 0.328 e. The maximum atomic E-state index is 13.7. The van der Waals surface area contributed by atoms with Gasteiger partial charge in [0.05, 0.1) is 5.25 Å². The summed E-state index contributed by atoms with van der Waals surface area (Å²) in [6.45, 7) is 1.41. The van der Waals surface area contributed by atoms with E-state index in [1.807, 2.05) is 5.32 Å². The third-order valence-corrected chi connectivity index (χ3v) is 4.65. The second-order valence-electron chi connectivity index (χ2n) is 5.78. The van der Waals surface area contributed by atoms with Gasteiger partial charge in [-0.3, -0.25) is 9.59 Å². The molecule has 2 amide bonds. The second-order valence-corrected chi connectivity index (χ2v) is 7.19. The van der Waals surface area contributed by atoms with E-state index in [4.69, 9.17) is 5.11 Å². The fourth-order valence-electron chi connectivity index (χ4n) is 2.11. The Balaban J connectivity index is 2.01. The summed E-state index contributed by atoms with van der Waals surface area (Å²) in [5, 5.41) is 11.8. The number of hydrogen-bond donors (Lipinski definition) is 3. The van der Waals surface area contributed by atoms with Crippen molar-refractivity contribution in [3.8, 4) is 0 Å². The maximum Gasteiger partial charge on any atom is 0.328 e. The molecule has 11 heteroatoms. The topological polar surface area (TPSA) is 95.5 Å². The van der Waals surface area contributed by atoms with Crippen LogP contribution in [0.15, 0.2) is 47.4 Å². The van der Waals surface area contributed by atoms with Crippen LogP contribution in [-0.4, -0.2) is 28.1 Å². The van der Waals surface area contributed by atoms with E-state index in [1.54, 1.807) is 0 Å². The lowest BCUT2D eigenvalue weighted by molar-refractivity contribution is -0.131. The third kappa shape index (κ3) is 6.08. The summed E-state index contributed by atoms with van der Waals surface area (Å²) in [6, 6.07) is 6.08. The molecule has 0 aromatic heterocycles. The summed E-state index contributed by atoms with van der Waals surface area (Å²) in [4.78, 5) is 34.6. The van der Waals surface area contributed by atoms with Crippen molar-refractivity contribution in [2.75, 3.05) is 10.6 Å². The maximum absolute atomic E-state index is 13.7. The first-order valence-corrected chi connectivity index (χ1v) is 9.09. The SMILES string of the molecule is CC(Sc1ccc(NC(=O)/C=C/C(=O)O)cc1)C(=O)Nc1c(F)c(F)cc(F)c1F. The number of aliphatic carboxylic acids is 1. The van der Waals surface area contributed by atoms with E-state index in [1.165, 1.54) is 31.2 Å². The minimum atomic E-state index is -1.71. The zero-order valence-electron chi connectivity index (χ0n) is 15.2. The van der Waals surface area contributed by atoms with Crippen LogP contribution in [0.3, 0.4) is 0 Å². The normalized spacial score (nSPS) is 11.9. The molecule has 0 saturated carbocycles. The molecular formula is C19H14F4N2O4S. The molecule has 158 valence electrons. The van der Waals surface area contributed by atoms with Crippen LogP contribution in [0.1, 0.15) is 6.92 Å². The standard InChI is InChI=1S/C19H14F4N2O4S/c1-9(19(29)25-18-16(22)12(20)8-13(21)17(18)23)30-11-4-2-10(3-5-11)24-14(26)6-7-15(27)28/h2-9H,1H3,(H,24,26)(H,25,29)(H,27,28)/b7-6+. The zero-order valence-corrected chi connectivity index (χ0v) is 16.0. The Hall–Kier alpha value is -3.34. The number of carbonyl (C=O) groups is 3. The highest BCUT2D eigenvalue weighted by atomic mass is 32.2. The van der Waals surface area contributed by atoms with Gasteiger partial charge in [0.2, 0.25) is 11.8 Å². The quantitative estimate of drug-likeness (QED) is 0.261. The number of carboxylic acid groups (broad SMARTS) is 1. The molecule has 6 nitrogen and oxygen atoms in total. The van der Waals surface area contributed by atoms with Crippen LogP contribution in [0.2, 0.25) is 0 Å². The fourth-order valence-corrected chi connectivity index (χ4v) is 2.98. The fraction of sp³-hybridized carbons (Fsp3) is 0.105. The average Bonchev–Trinajstić information content (AvgIpc) is 2.69. The van der Waals surface area contributed by atoms with Crippen molar-refractivity contribution in [1.82, 2.24) is 0 Å². The number of carboxylic acids is 1. The number of amides is 2. The van der Waals surface area contributed by atoms with Gasteiger partial charge >= 0.3 is 5.97 Å². The summed E-state index contributed by atoms with van der Waals surface area (Å²) in [5.74, 6) is -9.52. The van der Waals surface area contributed by atoms with Gasteiger partial charge < -0.3 is 15.7 Å². The lowest BCUT2D eigenvalue weighted by Gasteiger charge is -2.14. The largest absolute Gasteiger partial charge is 0.478 e.